The van der Waals surface area contributed by atoms with Crippen LogP contribution >= 0.6 is 11.6 Å². The molecule has 108 valence electrons. The highest BCUT2D eigenvalue weighted by molar-refractivity contribution is 6.30. The van der Waals surface area contributed by atoms with Gasteiger partial charge in [0.1, 0.15) is 5.82 Å². The van der Waals surface area contributed by atoms with Crippen molar-refractivity contribution < 1.29 is 9.13 Å². The Morgan fingerprint density at radius 2 is 2.30 bits per heavy atom. The van der Waals surface area contributed by atoms with E-state index >= 15 is 0 Å². The third kappa shape index (κ3) is 4.00. The zero-order chi connectivity index (χ0) is 14.4. The van der Waals surface area contributed by atoms with Crippen molar-refractivity contribution in [2.45, 2.75) is 13.1 Å². The summed E-state index contributed by atoms with van der Waals surface area (Å²) in [6.45, 7) is 2.28. The maximum Gasteiger partial charge on any atom is 0.146 e. The van der Waals surface area contributed by atoms with Crippen LogP contribution in [0.1, 0.15) is 11.3 Å². The second-order valence-corrected chi connectivity index (χ2v) is 4.70. The highest BCUT2D eigenvalue weighted by Crippen LogP contribution is 2.18. The molecule has 0 unspecified atom stereocenters. The number of benzene rings is 1. The molecule has 0 saturated carbocycles. The summed E-state index contributed by atoms with van der Waals surface area (Å²) in [5, 5.41) is 11.3. The normalized spacial score (nSPS) is 10.9. The molecule has 0 saturated heterocycles. The number of aromatic nitrogens is 3. The molecule has 20 heavy (non-hydrogen) atoms. The zero-order valence-electron chi connectivity index (χ0n) is 11.1. The molecule has 1 aromatic heterocycles. The lowest BCUT2D eigenvalue weighted by Crippen LogP contribution is -2.18. The van der Waals surface area contributed by atoms with Crippen LogP contribution in [0.3, 0.4) is 0 Å². The molecule has 2 aromatic rings. The molecule has 0 amide bonds. The van der Waals surface area contributed by atoms with Crippen molar-refractivity contribution in [1.82, 2.24) is 20.3 Å². The van der Waals surface area contributed by atoms with Crippen molar-refractivity contribution in [3.8, 4) is 0 Å². The summed E-state index contributed by atoms with van der Waals surface area (Å²) in [6, 6.07) is 4.91. The van der Waals surface area contributed by atoms with Gasteiger partial charge >= 0.3 is 0 Å². The number of nitrogens with zero attached hydrogens (tertiary/aromatic N) is 3. The Morgan fingerprint density at radius 1 is 1.45 bits per heavy atom. The Labute approximate surface area is 121 Å². The van der Waals surface area contributed by atoms with Gasteiger partial charge in [0, 0.05) is 25.8 Å². The van der Waals surface area contributed by atoms with Gasteiger partial charge in [-0.05, 0) is 6.07 Å². The number of hydrogen-bond donors (Lipinski definition) is 1. The average molecular weight is 299 g/mol. The van der Waals surface area contributed by atoms with Crippen molar-refractivity contribution in [1.29, 1.82) is 0 Å². The van der Waals surface area contributed by atoms with Crippen LogP contribution in [-0.4, -0.2) is 35.3 Å². The lowest BCUT2D eigenvalue weighted by molar-refractivity contribution is 0.199. The van der Waals surface area contributed by atoms with E-state index in [0.29, 0.717) is 25.3 Å². The van der Waals surface area contributed by atoms with E-state index in [0.717, 1.165) is 12.2 Å². The van der Waals surface area contributed by atoms with Gasteiger partial charge in [-0.3, -0.25) is 0 Å². The minimum absolute atomic E-state index is 0.115. The van der Waals surface area contributed by atoms with E-state index in [4.69, 9.17) is 16.3 Å². The molecule has 0 fully saturated rings. The molecule has 0 radical (unpaired) electrons. The van der Waals surface area contributed by atoms with E-state index in [1.54, 1.807) is 30.1 Å². The molecule has 2 rings (SSSR count). The molecule has 0 atom stereocenters. The third-order valence-electron chi connectivity index (χ3n) is 2.74. The van der Waals surface area contributed by atoms with Crippen LogP contribution in [0.2, 0.25) is 5.02 Å². The fraction of sp³-hybridized carbons (Fsp3) is 0.385. The van der Waals surface area contributed by atoms with E-state index in [1.165, 1.54) is 6.07 Å². The predicted octanol–water partition coefficient (Wildman–Crippen LogP) is 1.85. The Balaban J connectivity index is 1.94. The predicted molar refractivity (Wildman–Crippen MR) is 74.1 cm³/mol. The van der Waals surface area contributed by atoms with Gasteiger partial charge in [-0.2, -0.15) is 0 Å². The van der Waals surface area contributed by atoms with Gasteiger partial charge in [-0.1, -0.05) is 28.9 Å². The Morgan fingerprint density at radius 3 is 3.10 bits per heavy atom. The summed E-state index contributed by atoms with van der Waals surface area (Å²) in [6.07, 6.45) is 1.78. The second kappa shape index (κ2) is 7.33. The van der Waals surface area contributed by atoms with Gasteiger partial charge in [-0.15, -0.1) is 5.10 Å². The minimum Gasteiger partial charge on any atom is -0.383 e. The van der Waals surface area contributed by atoms with Crippen LogP contribution in [0.15, 0.2) is 24.4 Å². The number of rotatable bonds is 7. The maximum atomic E-state index is 13.8. The molecule has 1 heterocycles. The second-order valence-electron chi connectivity index (χ2n) is 4.29. The summed E-state index contributed by atoms with van der Waals surface area (Å²) in [7, 11) is 1.65. The molecule has 0 aliphatic carbocycles. The van der Waals surface area contributed by atoms with Crippen LogP contribution in [0.4, 0.5) is 4.39 Å². The molecular formula is C13H16ClFN4O. The van der Waals surface area contributed by atoms with Crippen molar-refractivity contribution >= 4 is 11.6 Å². The number of methoxy groups -OCH3 is 1. The van der Waals surface area contributed by atoms with Crippen molar-refractivity contribution in [3.63, 3.8) is 0 Å². The quantitative estimate of drug-likeness (QED) is 0.793. The minimum atomic E-state index is -0.413. The first-order valence-electron chi connectivity index (χ1n) is 6.22. The molecular weight excluding hydrogens is 283 g/mol. The maximum absolute atomic E-state index is 13.8. The van der Waals surface area contributed by atoms with E-state index in [-0.39, 0.29) is 5.02 Å². The molecule has 1 N–H and O–H groups in total. The van der Waals surface area contributed by atoms with E-state index in [1.807, 2.05) is 0 Å². The van der Waals surface area contributed by atoms with Crippen molar-refractivity contribution in [2.24, 2.45) is 0 Å². The first kappa shape index (κ1) is 14.9. The lowest BCUT2D eigenvalue weighted by Gasteiger charge is -2.03. The van der Waals surface area contributed by atoms with Crippen molar-refractivity contribution in [2.75, 3.05) is 20.3 Å². The summed E-state index contributed by atoms with van der Waals surface area (Å²) in [5.74, 6) is -0.413. The van der Waals surface area contributed by atoms with Crippen LogP contribution in [0.5, 0.6) is 0 Å². The van der Waals surface area contributed by atoms with E-state index < -0.39 is 5.82 Å². The molecule has 0 spiro atoms. The summed E-state index contributed by atoms with van der Waals surface area (Å²) < 4.78 is 20.3. The number of halogens is 2. The van der Waals surface area contributed by atoms with Gasteiger partial charge < -0.3 is 10.1 Å². The van der Waals surface area contributed by atoms with Crippen LogP contribution in [-0.2, 0) is 17.8 Å². The molecule has 0 aliphatic heterocycles. The Hall–Kier alpha value is -1.50. The Bertz CT molecular complexity index is 561. The highest BCUT2D eigenvalue weighted by Gasteiger charge is 2.08. The first-order valence-corrected chi connectivity index (χ1v) is 6.60. The smallest absolute Gasteiger partial charge is 0.146 e. The fourth-order valence-corrected chi connectivity index (χ4v) is 1.93. The molecule has 5 nitrogen and oxygen atoms in total. The number of ether oxygens (including phenoxy) is 1. The number of nitrogens with one attached hydrogen (secondary N) is 1. The molecule has 0 bridgehead atoms. The number of hydrogen-bond acceptors (Lipinski definition) is 4. The first-order chi connectivity index (χ1) is 9.70. The average Bonchev–Trinajstić information content (AvgIpc) is 2.88. The fourth-order valence-electron chi connectivity index (χ4n) is 1.73. The highest BCUT2D eigenvalue weighted by atomic mass is 35.5. The van der Waals surface area contributed by atoms with E-state index in [9.17, 15) is 4.39 Å². The topological polar surface area (TPSA) is 52.0 Å². The van der Waals surface area contributed by atoms with Gasteiger partial charge in [0.25, 0.3) is 0 Å². The van der Waals surface area contributed by atoms with Gasteiger partial charge in [0.05, 0.1) is 30.1 Å². The molecule has 7 heteroatoms. The SMILES string of the molecule is COCCNCc1cn(Cc2cccc(Cl)c2F)nn1. The van der Waals surface area contributed by atoms with Crippen LogP contribution in [0, 0.1) is 5.82 Å². The third-order valence-corrected chi connectivity index (χ3v) is 3.03. The molecule has 0 aliphatic rings. The summed E-state index contributed by atoms with van der Waals surface area (Å²) in [5.41, 5.74) is 1.28. The lowest BCUT2D eigenvalue weighted by atomic mass is 10.2. The molecule has 1 aromatic carbocycles. The zero-order valence-corrected chi connectivity index (χ0v) is 11.9. The van der Waals surface area contributed by atoms with Crippen molar-refractivity contribution in [3.05, 3.63) is 46.5 Å². The van der Waals surface area contributed by atoms with Crippen LogP contribution < -0.4 is 5.32 Å². The van der Waals surface area contributed by atoms with Gasteiger partial charge in [-0.25, -0.2) is 9.07 Å². The Kier molecular flexibility index (Phi) is 5.46. The monoisotopic (exact) mass is 298 g/mol. The van der Waals surface area contributed by atoms with Gasteiger partial charge in [0.2, 0.25) is 0 Å². The standard InChI is InChI=1S/C13H16ClFN4O/c1-20-6-5-16-7-11-9-19(18-17-11)8-10-3-2-4-12(14)13(10)15/h2-4,9,16H,5-8H2,1H3. The van der Waals surface area contributed by atoms with Crippen LogP contribution in [0.25, 0.3) is 0 Å². The summed E-state index contributed by atoms with van der Waals surface area (Å²) >= 11 is 5.74. The van der Waals surface area contributed by atoms with Gasteiger partial charge in [0.15, 0.2) is 0 Å². The van der Waals surface area contributed by atoms with E-state index in [2.05, 4.69) is 15.6 Å². The summed E-state index contributed by atoms with van der Waals surface area (Å²) in [4.78, 5) is 0. The largest absolute Gasteiger partial charge is 0.383 e.